The summed E-state index contributed by atoms with van der Waals surface area (Å²) < 4.78 is 10.5. The van der Waals surface area contributed by atoms with Crippen molar-refractivity contribution in [3.63, 3.8) is 0 Å². The Kier molecular flexibility index (Phi) is 5.92. The number of halogens is 1. The summed E-state index contributed by atoms with van der Waals surface area (Å²) in [5.41, 5.74) is 0.717. The van der Waals surface area contributed by atoms with E-state index in [9.17, 15) is 4.79 Å². The molecule has 1 aromatic carbocycles. The van der Waals surface area contributed by atoms with Gasteiger partial charge in [-0.15, -0.1) is 12.4 Å². The number of hydrogen-bond donors (Lipinski definition) is 2. The zero-order valence-corrected chi connectivity index (χ0v) is 11.9. The molecule has 0 bridgehead atoms. The van der Waals surface area contributed by atoms with Crippen LogP contribution < -0.4 is 20.1 Å². The molecule has 1 heterocycles. The van der Waals surface area contributed by atoms with Crippen molar-refractivity contribution in [2.75, 3.05) is 18.7 Å². The molecule has 1 atom stereocenters. The second kappa shape index (κ2) is 7.21. The fraction of sp³-hybridized carbons (Fsp3) is 0.462. The number of carbonyl (C=O) groups excluding carboxylic acids is 1. The highest BCUT2D eigenvalue weighted by atomic mass is 35.5. The third-order valence-electron chi connectivity index (χ3n) is 2.73. The summed E-state index contributed by atoms with van der Waals surface area (Å²) in [6, 6.07) is 5.16. The molecule has 2 N–H and O–H groups in total. The van der Waals surface area contributed by atoms with Crippen molar-refractivity contribution < 1.29 is 14.3 Å². The minimum atomic E-state index is -0.213. The Labute approximate surface area is 119 Å². The molecule has 1 unspecified atom stereocenters. The third-order valence-corrected chi connectivity index (χ3v) is 2.73. The molecule has 0 fully saturated rings. The molecule has 19 heavy (non-hydrogen) atoms. The summed E-state index contributed by atoms with van der Waals surface area (Å²) in [4.78, 5) is 11.9. The van der Waals surface area contributed by atoms with E-state index in [1.165, 1.54) is 0 Å². The molecule has 0 spiro atoms. The van der Waals surface area contributed by atoms with E-state index in [4.69, 9.17) is 9.47 Å². The maximum Gasteiger partial charge on any atom is 0.241 e. The number of anilines is 1. The molecular formula is C13H19ClN2O3. The zero-order valence-electron chi connectivity index (χ0n) is 11.1. The van der Waals surface area contributed by atoms with Crippen LogP contribution in [0.2, 0.25) is 0 Å². The molecule has 0 aromatic heterocycles. The minimum Gasteiger partial charge on any atom is -0.454 e. The van der Waals surface area contributed by atoms with Crippen molar-refractivity contribution in [1.29, 1.82) is 0 Å². The first kappa shape index (κ1) is 15.6. The van der Waals surface area contributed by atoms with Crippen LogP contribution in [0.3, 0.4) is 0 Å². The van der Waals surface area contributed by atoms with Crippen molar-refractivity contribution in [3.8, 4) is 11.5 Å². The van der Waals surface area contributed by atoms with Gasteiger partial charge < -0.3 is 20.1 Å². The number of fused-ring (bicyclic) bond motifs is 1. The minimum absolute atomic E-state index is 0. The van der Waals surface area contributed by atoms with Crippen LogP contribution >= 0.6 is 12.4 Å². The normalized spacial score (nSPS) is 13.6. The number of amides is 1. The van der Waals surface area contributed by atoms with Gasteiger partial charge in [-0.3, -0.25) is 4.79 Å². The number of hydrogen-bond acceptors (Lipinski definition) is 4. The fourth-order valence-electron chi connectivity index (χ4n) is 1.68. The Bertz CT molecular complexity index is 440. The highest BCUT2D eigenvalue weighted by Gasteiger charge is 2.16. The Morgan fingerprint density at radius 2 is 2.11 bits per heavy atom. The van der Waals surface area contributed by atoms with Crippen LogP contribution in [0.4, 0.5) is 5.69 Å². The molecule has 1 amide bonds. The topological polar surface area (TPSA) is 59.6 Å². The maximum absolute atomic E-state index is 11.9. The molecule has 1 aliphatic heterocycles. The zero-order chi connectivity index (χ0) is 13.0. The third kappa shape index (κ3) is 4.01. The molecule has 1 aromatic rings. The first-order chi connectivity index (χ1) is 8.70. The van der Waals surface area contributed by atoms with Crippen molar-refractivity contribution in [3.05, 3.63) is 18.2 Å². The van der Waals surface area contributed by atoms with Gasteiger partial charge in [0.05, 0.1) is 6.04 Å². The van der Waals surface area contributed by atoms with Gasteiger partial charge in [0.25, 0.3) is 0 Å². The van der Waals surface area contributed by atoms with Crippen molar-refractivity contribution in [2.45, 2.75) is 26.3 Å². The molecule has 0 saturated heterocycles. The Morgan fingerprint density at radius 1 is 1.37 bits per heavy atom. The second-order valence-electron chi connectivity index (χ2n) is 4.23. The lowest BCUT2D eigenvalue weighted by atomic mass is 10.2. The Hall–Kier alpha value is -1.46. The van der Waals surface area contributed by atoms with Crippen molar-refractivity contribution in [2.24, 2.45) is 0 Å². The summed E-state index contributed by atoms with van der Waals surface area (Å²) in [7, 11) is 0. The standard InChI is InChI=1S/C13H18N2O3.ClH/c1-3-6-14-9(2)13(16)15-10-4-5-11-12(7-10)18-8-17-11;/h4-5,7,9,14H,3,6,8H2,1-2H3,(H,15,16);1H. The van der Waals surface area contributed by atoms with Gasteiger partial charge in [-0.05, 0) is 32.0 Å². The van der Waals surface area contributed by atoms with Gasteiger partial charge in [0.2, 0.25) is 12.7 Å². The Balaban J connectivity index is 0.00000180. The van der Waals surface area contributed by atoms with E-state index in [1.54, 1.807) is 18.2 Å². The van der Waals surface area contributed by atoms with Gasteiger partial charge in [0.15, 0.2) is 11.5 Å². The lowest BCUT2D eigenvalue weighted by molar-refractivity contribution is -0.117. The molecule has 2 rings (SSSR count). The van der Waals surface area contributed by atoms with Gasteiger partial charge in [-0.25, -0.2) is 0 Å². The quantitative estimate of drug-likeness (QED) is 0.871. The number of benzene rings is 1. The summed E-state index contributed by atoms with van der Waals surface area (Å²) in [6.07, 6.45) is 1.00. The predicted molar refractivity (Wildman–Crippen MR) is 76.2 cm³/mol. The van der Waals surface area contributed by atoms with Gasteiger partial charge in [0, 0.05) is 11.8 Å². The average molecular weight is 287 g/mol. The van der Waals surface area contributed by atoms with Gasteiger partial charge in [-0.2, -0.15) is 0 Å². The maximum atomic E-state index is 11.9. The number of carbonyl (C=O) groups is 1. The molecule has 6 heteroatoms. The molecular weight excluding hydrogens is 268 g/mol. The van der Waals surface area contributed by atoms with E-state index >= 15 is 0 Å². The lowest BCUT2D eigenvalue weighted by Crippen LogP contribution is -2.38. The van der Waals surface area contributed by atoms with Gasteiger partial charge >= 0.3 is 0 Å². The van der Waals surface area contributed by atoms with Crippen LogP contribution in [0.5, 0.6) is 11.5 Å². The molecule has 0 saturated carbocycles. The number of rotatable bonds is 5. The molecule has 5 nitrogen and oxygen atoms in total. The van der Waals surface area contributed by atoms with Crippen LogP contribution in [0.15, 0.2) is 18.2 Å². The fourth-order valence-corrected chi connectivity index (χ4v) is 1.68. The van der Waals surface area contributed by atoms with E-state index < -0.39 is 0 Å². The predicted octanol–water partition coefficient (Wildman–Crippen LogP) is 2.16. The number of ether oxygens (including phenoxy) is 2. The Morgan fingerprint density at radius 3 is 2.84 bits per heavy atom. The molecule has 1 aliphatic rings. The molecule has 0 aliphatic carbocycles. The van der Waals surface area contributed by atoms with E-state index in [2.05, 4.69) is 17.6 Å². The average Bonchev–Trinajstić information content (AvgIpc) is 2.83. The van der Waals surface area contributed by atoms with E-state index in [-0.39, 0.29) is 31.1 Å². The van der Waals surface area contributed by atoms with Gasteiger partial charge in [0.1, 0.15) is 0 Å². The van der Waals surface area contributed by atoms with Gasteiger partial charge in [-0.1, -0.05) is 6.92 Å². The summed E-state index contributed by atoms with van der Waals surface area (Å²) >= 11 is 0. The number of nitrogens with one attached hydrogen (secondary N) is 2. The highest BCUT2D eigenvalue weighted by Crippen LogP contribution is 2.34. The van der Waals surface area contributed by atoms with Crippen LogP contribution in [0, 0.1) is 0 Å². The first-order valence-electron chi connectivity index (χ1n) is 6.14. The lowest BCUT2D eigenvalue weighted by Gasteiger charge is -2.13. The molecule has 106 valence electrons. The van der Waals surface area contributed by atoms with Crippen LogP contribution in [0.1, 0.15) is 20.3 Å². The monoisotopic (exact) mass is 286 g/mol. The largest absolute Gasteiger partial charge is 0.454 e. The summed E-state index contributed by atoms with van der Waals surface area (Å²) in [6.45, 7) is 4.98. The SMILES string of the molecule is CCCNC(C)C(=O)Nc1ccc2c(c1)OCO2.Cl. The van der Waals surface area contributed by atoms with E-state index in [0.29, 0.717) is 11.5 Å². The van der Waals surface area contributed by atoms with E-state index in [0.717, 1.165) is 18.7 Å². The van der Waals surface area contributed by atoms with Crippen molar-refractivity contribution >= 4 is 24.0 Å². The van der Waals surface area contributed by atoms with Crippen LogP contribution in [-0.2, 0) is 4.79 Å². The second-order valence-corrected chi connectivity index (χ2v) is 4.23. The van der Waals surface area contributed by atoms with E-state index in [1.807, 2.05) is 6.92 Å². The van der Waals surface area contributed by atoms with Crippen molar-refractivity contribution in [1.82, 2.24) is 5.32 Å². The summed E-state index contributed by atoms with van der Waals surface area (Å²) in [5, 5.41) is 5.98. The van der Waals surface area contributed by atoms with Crippen LogP contribution in [-0.4, -0.2) is 25.3 Å². The smallest absolute Gasteiger partial charge is 0.241 e. The highest BCUT2D eigenvalue weighted by molar-refractivity contribution is 5.94. The van der Waals surface area contributed by atoms with Crippen LogP contribution in [0.25, 0.3) is 0 Å². The molecule has 0 radical (unpaired) electrons. The first-order valence-corrected chi connectivity index (χ1v) is 6.14. The summed E-state index contributed by atoms with van der Waals surface area (Å²) in [5.74, 6) is 1.33.